The fraction of sp³-hybridized carbons (Fsp3) is 0. The highest BCUT2D eigenvalue weighted by Gasteiger charge is 2.22. The Morgan fingerprint density at radius 3 is 1.43 bits per heavy atom. The Morgan fingerprint density at radius 1 is 0.339 bits per heavy atom. The second-order valence-corrected chi connectivity index (χ2v) is 12.3. The van der Waals surface area contributed by atoms with E-state index in [1.807, 2.05) is 30.3 Å². The molecule has 0 N–H and O–H groups in total. The summed E-state index contributed by atoms with van der Waals surface area (Å²) < 4.78 is 217. The molecular weight excluding hydrogens is 683 g/mol. The Bertz CT molecular complexity index is 4550. The van der Waals surface area contributed by atoms with E-state index >= 15 is 0 Å². The molecule has 262 valence electrons. The zero-order valence-corrected chi connectivity index (χ0v) is 28.4. The Labute approximate surface area is 357 Å². The van der Waals surface area contributed by atoms with Gasteiger partial charge in [-0.3, -0.25) is 4.57 Å². The highest BCUT2D eigenvalue weighted by atomic mass is 15.2. The average Bonchev–Trinajstić information content (AvgIpc) is 4.13. The molecule has 11 rings (SSSR count). The summed E-state index contributed by atoms with van der Waals surface area (Å²) in [7, 11) is 0. The number of para-hydroxylation sites is 2. The topological polar surface area (TPSA) is 48.5 Å². The van der Waals surface area contributed by atoms with Gasteiger partial charge in [0.25, 0.3) is 0 Å². The van der Waals surface area contributed by atoms with Crippen LogP contribution in [0.2, 0.25) is 0 Å². The Hall–Kier alpha value is -7.63. The summed E-state index contributed by atoms with van der Waals surface area (Å²) in [5, 5.41) is -1.10. The number of hydrogen-bond donors (Lipinski definition) is 0. The molecule has 0 atom stereocenters. The fourth-order valence-electron chi connectivity index (χ4n) is 6.70. The maximum absolute atomic E-state index is 9.92. The van der Waals surface area contributed by atoms with E-state index in [2.05, 4.69) is 15.0 Å². The first-order valence-electron chi connectivity index (χ1n) is 28.9. The van der Waals surface area contributed by atoms with Gasteiger partial charge in [-0.15, -0.1) is 0 Å². The predicted molar refractivity (Wildman–Crippen MR) is 230 cm³/mol. The molecule has 0 fully saturated rings. The molecule has 8 aromatic carbocycles. The summed E-state index contributed by atoms with van der Waals surface area (Å²) in [6.07, 6.45) is 0. The lowest BCUT2D eigenvalue weighted by Gasteiger charge is -2.12. The molecule has 0 aliphatic rings. The molecule has 0 saturated heterocycles. The third-order valence-corrected chi connectivity index (χ3v) is 9.13. The van der Waals surface area contributed by atoms with Crippen LogP contribution in [-0.4, -0.2) is 24.1 Å². The highest BCUT2D eigenvalue weighted by molar-refractivity contribution is 6.28. The lowest BCUT2D eigenvalue weighted by Crippen LogP contribution is -2.06. The van der Waals surface area contributed by atoms with Crippen molar-refractivity contribution < 1.29 is 32.9 Å². The first-order chi connectivity index (χ1) is 37.8. The SMILES string of the molecule is [2H]c1c([2H])c([2H])c(-c2nc(-c3c([2H])c([2H])c(-c4c([2H])c([2H])c([2H])c([2H])c4[2H])c([2H])c3[2H])nc(-n3c4c([2H])c([2H])c([2H])c([2H])c4c4c5c6c([2H])c([2H])c([2H])c([2H])c6n(-c6ccc(-c7ccccc7)cc6)c5c([2H])c([2H])c43)n2)c([2H])c1[2H]. The summed E-state index contributed by atoms with van der Waals surface area (Å²) in [5.74, 6) is -2.48. The lowest BCUT2D eigenvalue weighted by atomic mass is 10.0. The molecule has 0 radical (unpaired) electrons. The molecule has 56 heavy (non-hydrogen) atoms. The zero-order chi connectivity index (χ0) is 57.9. The third-order valence-electron chi connectivity index (χ3n) is 9.13. The number of nitrogens with zero attached hydrogens (tertiary/aromatic N) is 5. The quantitative estimate of drug-likeness (QED) is 0.171. The fourth-order valence-corrected chi connectivity index (χ4v) is 6.70. The Kier molecular flexibility index (Phi) is 3.73. The second kappa shape index (κ2) is 13.0. The van der Waals surface area contributed by atoms with Crippen molar-refractivity contribution in [1.29, 1.82) is 0 Å². The van der Waals surface area contributed by atoms with Gasteiger partial charge in [0.15, 0.2) is 11.6 Å². The molecule has 5 heteroatoms. The van der Waals surface area contributed by atoms with Gasteiger partial charge in [-0.25, -0.2) is 4.98 Å². The smallest absolute Gasteiger partial charge is 0.238 e. The molecule has 3 aromatic heterocycles. The van der Waals surface area contributed by atoms with Crippen LogP contribution in [0, 0.1) is 0 Å². The van der Waals surface area contributed by atoms with Crippen LogP contribution in [0.5, 0.6) is 0 Å². The average molecular weight is 740 g/mol. The number of rotatable bonds is 6. The van der Waals surface area contributed by atoms with Gasteiger partial charge in [-0.1, -0.05) is 163 Å². The minimum Gasteiger partial charge on any atom is -0.309 e. The van der Waals surface area contributed by atoms with E-state index in [1.165, 1.54) is 4.57 Å². The van der Waals surface area contributed by atoms with E-state index in [-0.39, 0.29) is 32.9 Å². The van der Waals surface area contributed by atoms with E-state index in [0.29, 0.717) is 0 Å². The van der Waals surface area contributed by atoms with Crippen LogP contribution in [0.4, 0.5) is 0 Å². The van der Waals surface area contributed by atoms with Gasteiger partial charge in [0, 0.05) is 38.4 Å². The molecule has 5 nitrogen and oxygen atoms in total. The van der Waals surface area contributed by atoms with E-state index in [4.69, 9.17) is 21.9 Å². The monoisotopic (exact) mass is 739 g/mol. The predicted octanol–water partition coefficient (Wildman–Crippen LogP) is 12.7. The number of hydrogen-bond acceptors (Lipinski definition) is 3. The van der Waals surface area contributed by atoms with Crippen molar-refractivity contribution in [2.75, 3.05) is 0 Å². The molecule has 0 saturated carbocycles. The maximum atomic E-state index is 9.92. The van der Waals surface area contributed by atoms with Crippen LogP contribution in [0.25, 0.3) is 100 Å². The van der Waals surface area contributed by atoms with Crippen LogP contribution in [0.3, 0.4) is 0 Å². The summed E-state index contributed by atoms with van der Waals surface area (Å²) in [6, 6.07) is -3.73. The van der Waals surface area contributed by atoms with Crippen LogP contribution >= 0.6 is 0 Å². The van der Waals surface area contributed by atoms with Gasteiger partial charge in [0.05, 0.1) is 55.0 Å². The third kappa shape index (κ3) is 5.21. The van der Waals surface area contributed by atoms with Gasteiger partial charge >= 0.3 is 0 Å². The molecule has 0 aliphatic heterocycles. The Morgan fingerprint density at radius 2 is 0.804 bits per heavy atom. The minimum absolute atomic E-state index is 0.179. The van der Waals surface area contributed by atoms with Crippen molar-refractivity contribution >= 4 is 43.6 Å². The van der Waals surface area contributed by atoms with Crippen molar-refractivity contribution in [3.63, 3.8) is 0 Å². The summed E-state index contributed by atoms with van der Waals surface area (Å²) in [5.41, 5.74) is -2.47. The molecular formula is C51H33N5. The zero-order valence-electron chi connectivity index (χ0n) is 52.4. The Balaban J connectivity index is 1.34. The van der Waals surface area contributed by atoms with Crippen molar-refractivity contribution in [3.05, 3.63) is 200 Å². The van der Waals surface area contributed by atoms with Crippen LogP contribution in [0.1, 0.15) is 32.9 Å². The summed E-state index contributed by atoms with van der Waals surface area (Å²) >= 11 is 0. The second-order valence-electron chi connectivity index (χ2n) is 12.3. The largest absolute Gasteiger partial charge is 0.309 e. The van der Waals surface area contributed by atoms with Crippen molar-refractivity contribution in [2.45, 2.75) is 0 Å². The number of benzene rings is 8. The molecule has 0 bridgehead atoms. The van der Waals surface area contributed by atoms with Crippen molar-refractivity contribution in [1.82, 2.24) is 24.1 Å². The molecule has 0 spiro atoms. The number of aromatic nitrogens is 5. The maximum Gasteiger partial charge on any atom is 0.238 e. The molecule has 0 amide bonds. The first-order valence-corrected chi connectivity index (χ1v) is 16.9. The van der Waals surface area contributed by atoms with Gasteiger partial charge in [0.1, 0.15) is 0 Å². The van der Waals surface area contributed by atoms with Crippen LogP contribution < -0.4 is 0 Å². The first kappa shape index (κ1) is 16.0. The van der Waals surface area contributed by atoms with E-state index in [9.17, 15) is 11.0 Å². The van der Waals surface area contributed by atoms with E-state index < -0.39 is 201 Å². The van der Waals surface area contributed by atoms with Crippen LogP contribution in [0.15, 0.2) is 200 Å². The number of fused-ring (bicyclic) bond motifs is 7. The van der Waals surface area contributed by atoms with E-state index in [0.717, 1.165) is 15.7 Å². The van der Waals surface area contributed by atoms with E-state index in [1.54, 1.807) is 24.3 Å². The molecule has 11 aromatic rings. The normalized spacial score (nSPS) is 17.6. The molecule has 3 heterocycles. The van der Waals surface area contributed by atoms with Gasteiger partial charge in [-0.2, -0.15) is 9.97 Å². The van der Waals surface area contributed by atoms with Crippen molar-refractivity contribution in [3.8, 4) is 56.7 Å². The standard InChI is InChI=1S/C51H33N5/c1-4-14-34(15-5-1)36-24-26-39(27-25-36)50-52-49(38-18-8-3-9-19-38)53-51(54-50)56-44-23-13-11-21-42(44)48-46(56)33-32-45-47(48)41-20-10-12-22-43(41)55(45)40-30-28-37(29-31-40)35-16-6-2-7-17-35/h1-33H/i1D,3D,4D,5D,8D,9D,10D,11D,12D,13D,14D,15D,18D,19D,20D,21D,22D,23D,24D,25D,26D,27D,32D,33D. The van der Waals surface area contributed by atoms with Crippen molar-refractivity contribution in [2.24, 2.45) is 0 Å². The van der Waals surface area contributed by atoms with Crippen LogP contribution in [-0.2, 0) is 0 Å². The summed E-state index contributed by atoms with van der Waals surface area (Å²) in [6.45, 7) is 0. The minimum atomic E-state index is -0.990. The molecule has 0 aliphatic carbocycles. The van der Waals surface area contributed by atoms with Gasteiger partial charge < -0.3 is 4.57 Å². The summed E-state index contributed by atoms with van der Waals surface area (Å²) in [4.78, 5) is 13.5. The highest BCUT2D eigenvalue weighted by Crippen LogP contribution is 2.42. The lowest BCUT2D eigenvalue weighted by molar-refractivity contribution is 0.953. The van der Waals surface area contributed by atoms with Gasteiger partial charge in [-0.05, 0) is 58.6 Å². The van der Waals surface area contributed by atoms with Gasteiger partial charge in [0.2, 0.25) is 5.95 Å². The molecule has 0 unspecified atom stereocenters.